The Balaban J connectivity index is 1.61. The van der Waals surface area contributed by atoms with Crippen molar-refractivity contribution in [3.8, 4) is 11.4 Å². The average molecular weight is 438 g/mol. The average Bonchev–Trinajstić information content (AvgIpc) is 3.48. The minimum atomic E-state index is -0.353. The van der Waals surface area contributed by atoms with Crippen LogP contribution in [0.3, 0.4) is 0 Å². The highest BCUT2D eigenvalue weighted by molar-refractivity contribution is 6.35. The SMILES string of the molecule is CC(Nc1ncnc(N)c1-c1ncn(C)n1)c1nc2cccc(Cl)c2c(=O)n1C1CC1. The topological polar surface area (TPSA) is 129 Å². The monoisotopic (exact) mass is 437 g/mol. The standard InChI is InChI=1S/C20H20ClN9O/c1-10(26-17-15(16(22)23-8-24-17)18-25-9-29(2)28-18)19-27-13-5-3-4-12(21)14(13)20(31)30(19)11-6-7-11/h3-5,8-11H,6-7H2,1-2H3,(H3,22,23,24,26). The Hall–Kier alpha value is -3.53. The molecule has 10 nitrogen and oxygen atoms in total. The molecule has 1 aliphatic rings. The summed E-state index contributed by atoms with van der Waals surface area (Å²) in [6.45, 7) is 1.92. The van der Waals surface area contributed by atoms with Crippen molar-refractivity contribution in [2.45, 2.75) is 31.8 Å². The van der Waals surface area contributed by atoms with E-state index in [1.807, 2.05) is 6.92 Å². The molecule has 1 atom stereocenters. The van der Waals surface area contributed by atoms with E-state index in [1.54, 1.807) is 40.8 Å². The van der Waals surface area contributed by atoms with Crippen LogP contribution in [0.15, 0.2) is 35.6 Å². The number of rotatable bonds is 5. The summed E-state index contributed by atoms with van der Waals surface area (Å²) in [6.07, 6.45) is 4.81. The largest absolute Gasteiger partial charge is 0.383 e. The normalized spacial score (nSPS) is 14.7. The zero-order chi connectivity index (χ0) is 21.7. The van der Waals surface area contributed by atoms with E-state index >= 15 is 0 Å². The third-order valence-corrected chi connectivity index (χ3v) is 5.57. The molecule has 1 saturated carbocycles. The number of benzene rings is 1. The van der Waals surface area contributed by atoms with Crippen LogP contribution in [-0.2, 0) is 7.05 Å². The Morgan fingerprint density at radius 1 is 1.26 bits per heavy atom. The Labute approximate surface area is 182 Å². The Bertz CT molecular complexity index is 1360. The van der Waals surface area contributed by atoms with Crippen LogP contribution in [0.4, 0.5) is 11.6 Å². The van der Waals surface area contributed by atoms with E-state index in [-0.39, 0.29) is 23.5 Å². The molecule has 0 radical (unpaired) electrons. The van der Waals surface area contributed by atoms with Crippen LogP contribution in [0.5, 0.6) is 0 Å². The van der Waals surface area contributed by atoms with Gasteiger partial charge in [0.2, 0.25) is 0 Å². The molecule has 4 aromatic rings. The quantitative estimate of drug-likeness (QED) is 0.487. The molecule has 1 aliphatic carbocycles. The molecule has 1 unspecified atom stereocenters. The first kappa shape index (κ1) is 19.4. The second kappa shape index (κ2) is 7.31. The maximum absolute atomic E-state index is 13.3. The molecular formula is C20H20ClN9O. The van der Waals surface area contributed by atoms with Gasteiger partial charge in [-0.25, -0.2) is 19.9 Å². The predicted molar refractivity (Wildman–Crippen MR) is 118 cm³/mol. The summed E-state index contributed by atoms with van der Waals surface area (Å²) in [5.41, 5.74) is 7.05. The van der Waals surface area contributed by atoms with Gasteiger partial charge in [0.25, 0.3) is 5.56 Å². The summed E-state index contributed by atoms with van der Waals surface area (Å²) < 4.78 is 3.32. The number of anilines is 2. The Morgan fingerprint density at radius 2 is 2.06 bits per heavy atom. The van der Waals surface area contributed by atoms with Crippen LogP contribution in [0.1, 0.15) is 37.7 Å². The molecule has 31 heavy (non-hydrogen) atoms. The van der Waals surface area contributed by atoms with E-state index < -0.39 is 0 Å². The maximum atomic E-state index is 13.3. The fourth-order valence-electron chi connectivity index (χ4n) is 3.66. The first-order valence-electron chi connectivity index (χ1n) is 9.87. The second-order valence-corrected chi connectivity index (χ2v) is 8.01. The molecule has 5 rings (SSSR count). The van der Waals surface area contributed by atoms with Gasteiger partial charge in [0.1, 0.15) is 35.7 Å². The molecule has 11 heteroatoms. The molecule has 158 valence electrons. The first-order valence-corrected chi connectivity index (χ1v) is 10.3. The molecule has 0 spiro atoms. The minimum absolute atomic E-state index is 0.118. The highest BCUT2D eigenvalue weighted by Crippen LogP contribution is 2.37. The van der Waals surface area contributed by atoms with E-state index in [0.29, 0.717) is 39.0 Å². The van der Waals surface area contributed by atoms with E-state index in [2.05, 4.69) is 25.4 Å². The maximum Gasteiger partial charge on any atom is 0.263 e. The summed E-state index contributed by atoms with van der Waals surface area (Å²) in [7, 11) is 1.77. The predicted octanol–water partition coefficient (Wildman–Crippen LogP) is 2.73. The number of nitrogens with one attached hydrogen (secondary N) is 1. The summed E-state index contributed by atoms with van der Waals surface area (Å²) in [5.74, 6) is 1.75. The minimum Gasteiger partial charge on any atom is -0.383 e. The molecule has 3 N–H and O–H groups in total. The van der Waals surface area contributed by atoms with Gasteiger partial charge in [-0.05, 0) is 31.9 Å². The molecule has 3 aromatic heterocycles. The molecule has 1 aromatic carbocycles. The molecule has 0 aliphatic heterocycles. The number of nitrogens with two attached hydrogens (primary N) is 1. The lowest BCUT2D eigenvalue weighted by atomic mass is 10.2. The summed E-state index contributed by atoms with van der Waals surface area (Å²) >= 11 is 6.31. The van der Waals surface area contributed by atoms with Crippen LogP contribution in [0.2, 0.25) is 5.02 Å². The summed E-state index contributed by atoms with van der Waals surface area (Å²) in [4.78, 5) is 30.8. The Morgan fingerprint density at radius 3 is 2.77 bits per heavy atom. The van der Waals surface area contributed by atoms with Crippen LogP contribution < -0.4 is 16.6 Å². The number of hydrogen-bond donors (Lipinski definition) is 2. The van der Waals surface area contributed by atoms with E-state index in [9.17, 15) is 4.79 Å². The molecular weight excluding hydrogens is 418 g/mol. The van der Waals surface area contributed by atoms with Crippen molar-refractivity contribution >= 4 is 34.1 Å². The van der Waals surface area contributed by atoms with Crippen molar-refractivity contribution in [2.24, 2.45) is 7.05 Å². The van der Waals surface area contributed by atoms with Crippen molar-refractivity contribution in [2.75, 3.05) is 11.1 Å². The van der Waals surface area contributed by atoms with Gasteiger partial charge in [-0.15, -0.1) is 0 Å². The van der Waals surface area contributed by atoms with Gasteiger partial charge in [0, 0.05) is 13.1 Å². The third kappa shape index (κ3) is 3.38. The van der Waals surface area contributed by atoms with Gasteiger partial charge < -0.3 is 11.1 Å². The van der Waals surface area contributed by atoms with E-state index in [0.717, 1.165) is 12.8 Å². The van der Waals surface area contributed by atoms with Crippen LogP contribution in [-0.4, -0.2) is 34.3 Å². The van der Waals surface area contributed by atoms with Gasteiger partial charge in [-0.1, -0.05) is 17.7 Å². The van der Waals surface area contributed by atoms with Crippen LogP contribution >= 0.6 is 11.6 Å². The van der Waals surface area contributed by atoms with Gasteiger partial charge >= 0.3 is 0 Å². The van der Waals surface area contributed by atoms with Crippen molar-refractivity contribution in [3.63, 3.8) is 0 Å². The fourth-order valence-corrected chi connectivity index (χ4v) is 3.91. The number of halogens is 1. The molecule has 0 amide bonds. The van der Waals surface area contributed by atoms with Crippen molar-refractivity contribution in [3.05, 3.63) is 52.1 Å². The highest BCUT2D eigenvalue weighted by Gasteiger charge is 2.31. The molecule has 0 bridgehead atoms. The van der Waals surface area contributed by atoms with Crippen molar-refractivity contribution in [1.29, 1.82) is 0 Å². The number of aromatic nitrogens is 7. The molecule has 1 fully saturated rings. The number of nitrogen functional groups attached to an aromatic ring is 1. The lowest BCUT2D eigenvalue weighted by molar-refractivity contribution is 0.609. The van der Waals surface area contributed by atoms with Crippen molar-refractivity contribution in [1.82, 2.24) is 34.3 Å². The lowest BCUT2D eigenvalue weighted by Crippen LogP contribution is -2.28. The zero-order valence-electron chi connectivity index (χ0n) is 16.9. The fraction of sp³-hybridized carbons (Fsp3) is 0.300. The number of aryl methyl sites for hydroxylation is 1. The van der Waals surface area contributed by atoms with Gasteiger partial charge in [-0.3, -0.25) is 14.0 Å². The molecule has 0 saturated heterocycles. The van der Waals surface area contributed by atoms with Crippen molar-refractivity contribution < 1.29 is 0 Å². The van der Waals surface area contributed by atoms with Gasteiger partial charge in [-0.2, -0.15) is 5.10 Å². The number of hydrogen-bond acceptors (Lipinski definition) is 8. The Kier molecular flexibility index (Phi) is 4.58. The number of fused-ring (bicyclic) bond motifs is 1. The van der Waals surface area contributed by atoms with E-state index in [4.69, 9.17) is 22.3 Å². The summed E-state index contributed by atoms with van der Waals surface area (Å²) in [5, 5.41) is 8.50. The molecule has 3 heterocycles. The van der Waals surface area contributed by atoms with Crippen LogP contribution in [0, 0.1) is 0 Å². The second-order valence-electron chi connectivity index (χ2n) is 7.60. The van der Waals surface area contributed by atoms with Gasteiger partial charge in [0.15, 0.2) is 5.82 Å². The van der Waals surface area contributed by atoms with E-state index in [1.165, 1.54) is 6.33 Å². The lowest BCUT2D eigenvalue weighted by Gasteiger charge is -2.21. The zero-order valence-corrected chi connectivity index (χ0v) is 17.7. The van der Waals surface area contributed by atoms with Gasteiger partial charge in [0.05, 0.1) is 22.0 Å². The highest BCUT2D eigenvalue weighted by atomic mass is 35.5. The third-order valence-electron chi connectivity index (χ3n) is 5.26. The summed E-state index contributed by atoms with van der Waals surface area (Å²) in [6, 6.07) is 5.06. The first-order chi connectivity index (χ1) is 14.9. The number of nitrogens with zero attached hydrogens (tertiary/aromatic N) is 7. The smallest absolute Gasteiger partial charge is 0.263 e. The van der Waals surface area contributed by atoms with Crippen LogP contribution in [0.25, 0.3) is 22.3 Å².